The molecule has 2 aromatic rings. The zero-order valence-electron chi connectivity index (χ0n) is 14.2. The van der Waals surface area contributed by atoms with Gasteiger partial charge in [-0.05, 0) is 29.8 Å². The Morgan fingerprint density at radius 2 is 1.92 bits per heavy atom. The minimum absolute atomic E-state index is 0.106. The largest absolute Gasteiger partial charge is 0.488 e. The maximum atomic E-state index is 13.0. The quantitative estimate of drug-likeness (QED) is 0.849. The number of rotatable bonds is 6. The summed E-state index contributed by atoms with van der Waals surface area (Å²) in [5.41, 5.74) is 7.52. The molecule has 0 radical (unpaired) electrons. The molecular weight excluding hydrogens is 352 g/mol. The van der Waals surface area contributed by atoms with Crippen LogP contribution in [-0.4, -0.2) is 29.9 Å². The maximum Gasteiger partial charge on any atom is 0.253 e. The molecule has 6 heteroatoms. The van der Waals surface area contributed by atoms with Gasteiger partial charge in [0.15, 0.2) is 0 Å². The van der Waals surface area contributed by atoms with E-state index in [0.29, 0.717) is 22.9 Å². The Kier molecular flexibility index (Phi) is 5.58. The summed E-state index contributed by atoms with van der Waals surface area (Å²) in [5.74, 6) is 0.0697. The van der Waals surface area contributed by atoms with Crippen molar-refractivity contribution in [2.45, 2.75) is 13.0 Å². The smallest absolute Gasteiger partial charge is 0.253 e. The summed E-state index contributed by atoms with van der Waals surface area (Å²) in [6.45, 7) is 0.824. The van der Waals surface area contributed by atoms with Gasteiger partial charge in [0, 0.05) is 30.1 Å². The van der Waals surface area contributed by atoms with E-state index in [1.165, 1.54) is 0 Å². The molecule has 0 saturated heterocycles. The molecule has 0 spiro atoms. The fraction of sp³-hybridized carbons (Fsp3) is 0.200. The first-order chi connectivity index (χ1) is 12.5. The van der Waals surface area contributed by atoms with Crippen LogP contribution in [-0.2, 0) is 16.1 Å². The summed E-state index contributed by atoms with van der Waals surface area (Å²) in [6.07, 6.45) is 1.89. The number of hydrogen-bond acceptors (Lipinski definition) is 3. The highest BCUT2D eigenvalue weighted by Crippen LogP contribution is 2.29. The molecule has 0 atom stereocenters. The van der Waals surface area contributed by atoms with Crippen molar-refractivity contribution < 1.29 is 14.3 Å². The first kappa shape index (κ1) is 18.0. The number of hydrogen-bond donors (Lipinski definition) is 1. The van der Waals surface area contributed by atoms with Crippen molar-refractivity contribution in [3.63, 3.8) is 0 Å². The lowest BCUT2D eigenvalue weighted by molar-refractivity contribution is -0.128. The highest BCUT2D eigenvalue weighted by Gasteiger charge is 2.23. The van der Waals surface area contributed by atoms with Crippen molar-refractivity contribution in [3.05, 3.63) is 70.3 Å². The number of benzene rings is 2. The number of nitrogens with two attached hydrogens (primary N) is 1. The highest BCUT2D eigenvalue weighted by atomic mass is 35.5. The van der Waals surface area contributed by atoms with Crippen molar-refractivity contribution in [1.29, 1.82) is 0 Å². The number of ether oxygens (including phenoxy) is 1. The van der Waals surface area contributed by atoms with Crippen molar-refractivity contribution in [3.8, 4) is 5.75 Å². The Morgan fingerprint density at radius 3 is 2.65 bits per heavy atom. The molecule has 0 aliphatic carbocycles. The van der Waals surface area contributed by atoms with Crippen molar-refractivity contribution in [2.24, 2.45) is 5.73 Å². The first-order valence-electron chi connectivity index (χ1n) is 8.27. The molecule has 5 nitrogen and oxygen atoms in total. The molecule has 1 aliphatic heterocycles. The monoisotopic (exact) mass is 370 g/mol. The maximum absolute atomic E-state index is 13.0. The minimum atomic E-state index is -0.443. The van der Waals surface area contributed by atoms with Gasteiger partial charge in [-0.15, -0.1) is 0 Å². The fourth-order valence-corrected chi connectivity index (χ4v) is 2.96. The second-order valence-corrected chi connectivity index (χ2v) is 6.51. The summed E-state index contributed by atoms with van der Waals surface area (Å²) >= 11 is 6.03. The topological polar surface area (TPSA) is 72.6 Å². The number of primary amides is 1. The zero-order valence-corrected chi connectivity index (χ0v) is 14.9. The lowest BCUT2D eigenvalue weighted by Gasteiger charge is -2.26. The van der Waals surface area contributed by atoms with Crippen molar-refractivity contribution in [2.75, 3.05) is 13.2 Å². The van der Waals surface area contributed by atoms with Gasteiger partial charge in [-0.1, -0.05) is 41.9 Å². The van der Waals surface area contributed by atoms with E-state index in [2.05, 4.69) is 0 Å². The second-order valence-electron chi connectivity index (χ2n) is 6.07. The molecule has 3 rings (SSSR count). The van der Waals surface area contributed by atoms with Crippen LogP contribution in [0.15, 0.2) is 54.1 Å². The summed E-state index contributed by atoms with van der Waals surface area (Å²) in [4.78, 5) is 25.8. The fourth-order valence-electron chi connectivity index (χ4n) is 2.78. The van der Waals surface area contributed by atoms with Crippen molar-refractivity contribution in [1.82, 2.24) is 4.90 Å². The first-order valence-corrected chi connectivity index (χ1v) is 8.65. The summed E-state index contributed by atoms with van der Waals surface area (Å²) in [5, 5.41) is 0.576. The van der Waals surface area contributed by atoms with Gasteiger partial charge in [-0.25, -0.2) is 0 Å². The van der Waals surface area contributed by atoms with Crippen LogP contribution in [0.25, 0.3) is 6.08 Å². The van der Waals surface area contributed by atoms with E-state index in [9.17, 15) is 9.59 Å². The van der Waals surface area contributed by atoms with E-state index < -0.39 is 5.91 Å². The van der Waals surface area contributed by atoms with E-state index in [0.717, 1.165) is 11.1 Å². The van der Waals surface area contributed by atoms with Crippen LogP contribution in [0.5, 0.6) is 5.75 Å². The number of carbonyl (C=O) groups excluding carboxylic acids is 2. The van der Waals surface area contributed by atoms with E-state index in [1.54, 1.807) is 29.2 Å². The van der Waals surface area contributed by atoms with Crippen LogP contribution < -0.4 is 10.5 Å². The molecule has 2 aromatic carbocycles. The predicted molar refractivity (Wildman–Crippen MR) is 101 cm³/mol. The van der Waals surface area contributed by atoms with Crippen LogP contribution in [0.2, 0.25) is 5.02 Å². The van der Waals surface area contributed by atoms with E-state index >= 15 is 0 Å². The highest BCUT2D eigenvalue weighted by molar-refractivity contribution is 6.30. The molecule has 26 heavy (non-hydrogen) atoms. The summed E-state index contributed by atoms with van der Waals surface area (Å²) in [7, 11) is 0. The van der Waals surface area contributed by atoms with Gasteiger partial charge in [0.1, 0.15) is 12.4 Å². The number of amides is 2. The van der Waals surface area contributed by atoms with Crippen LogP contribution in [0, 0.1) is 0 Å². The summed E-state index contributed by atoms with van der Waals surface area (Å²) < 4.78 is 5.67. The molecule has 0 saturated carbocycles. The van der Waals surface area contributed by atoms with Gasteiger partial charge < -0.3 is 15.4 Å². The Hall–Kier alpha value is -2.79. The molecule has 1 heterocycles. The number of fused-ring (bicyclic) bond motifs is 1. The number of halogens is 1. The molecule has 2 amide bonds. The molecule has 0 bridgehead atoms. The minimum Gasteiger partial charge on any atom is -0.488 e. The van der Waals surface area contributed by atoms with Gasteiger partial charge in [0.2, 0.25) is 5.91 Å². The number of carbonyl (C=O) groups is 2. The molecular formula is C20H19ClN2O3. The SMILES string of the molecule is NC(=O)CCN(Cc1ccccc1)C(=O)C1=Cc2cc(Cl)ccc2OC1. The van der Waals surface area contributed by atoms with E-state index in [1.807, 2.05) is 30.3 Å². The van der Waals surface area contributed by atoms with Gasteiger partial charge in [-0.3, -0.25) is 9.59 Å². The van der Waals surface area contributed by atoms with Crippen LogP contribution >= 0.6 is 11.6 Å². The second kappa shape index (κ2) is 8.06. The van der Waals surface area contributed by atoms with Crippen molar-refractivity contribution >= 4 is 29.5 Å². The third-order valence-electron chi connectivity index (χ3n) is 4.09. The Morgan fingerprint density at radius 1 is 1.15 bits per heavy atom. The van der Waals surface area contributed by atoms with Gasteiger partial charge in [0.25, 0.3) is 5.91 Å². The predicted octanol–water partition coefficient (Wildman–Crippen LogP) is 3.02. The standard InChI is InChI=1S/C20H19ClN2O3/c21-17-6-7-18-15(11-17)10-16(13-26-18)20(25)23(9-8-19(22)24)12-14-4-2-1-3-5-14/h1-7,10-11H,8-9,12-13H2,(H2,22,24). The molecule has 2 N–H and O–H groups in total. The normalized spacial score (nSPS) is 12.6. The molecule has 0 fully saturated rings. The third-order valence-corrected chi connectivity index (χ3v) is 4.33. The molecule has 134 valence electrons. The Bertz CT molecular complexity index is 849. The number of nitrogens with zero attached hydrogens (tertiary/aromatic N) is 1. The van der Waals surface area contributed by atoms with Crippen LogP contribution in [0.3, 0.4) is 0 Å². The zero-order chi connectivity index (χ0) is 18.5. The average molecular weight is 371 g/mol. The molecule has 0 unspecified atom stereocenters. The third kappa shape index (κ3) is 4.43. The summed E-state index contributed by atoms with van der Waals surface area (Å²) in [6, 6.07) is 14.9. The van der Waals surface area contributed by atoms with Crippen LogP contribution in [0.1, 0.15) is 17.5 Å². The Balaban J connectivity index is 1.83. The Labute approximate surface area is 157 Å². The van der Waals surface area contributed by atoms with E-state index in [-0.39, 0.29) is 25.5 Å². The van der Waals surface area contributed by atoms with Crippen LogP contribution in [0.4, 0.5) is 0 Å². The lowest BCUT2D eigenvalue weighted by atomic mass is 10.1. The lowest BCUT2D eigenvalue weighted by Crippen LogP contribution is -2.36. The van der Waals surface area contributed by atoms with E-state index in [4.69, 9.17) is 22.1 Å². The average Bonchev–Trinajstić information content (AvgIpc) is 2.64. The van der Waals surface area contributed by atoms with Gasteiger partial charge in [0.05, 0.1) is 5.57 Å². The van der Waals surface area contributed by atoms with Gasteiger partial charge in [-0.2, -0.15) is 0 Å². The van der Waals surface area contributed by atoms with Gasteiger partial charge >= 0.3 is 0 Å². The molecule has 1 aliphatic rings. The molecule has 0 aromatic heterocycles.